The van der Waals surface area contributed by atoms with E-state index in [-0.39, 0.29) is 11.4 Å². The predicted octanol–water partition coefficient (Wildman–Crippen LogP) is 4.59. The summed E-state index contributed by atoms with van der Waals surface area (Å²) in [6.07, 6.45) is -2.03. The third kappa shape index (κ3) is 3.38. The van der Waals surface area contributed by atoms with E-state index in [0.717, 1.165) is 18.9 Å². The molecule has 1 aliphatic rings. The van der Waals surface area contributed by atoms with E-state index in [1.165, 1.54) is 12.1 Å². The summed E-state index contributed by atoms with van der Waals surface area (Å²) in [6.45, 7) is 1.23. The molecule has 3 nitrogen and oxygen atoms in total. The molecule has 1 aromatic carbocycles. The Morgan fingerprint density at radius 3 is 2.33 bits per heavy atom. The molecule has 0 bridgehead atoms. The van der Waals surface area contributed by atoms with Crippen LogP contribution in [0.25, 0.3) is 0 Å². The lowest BCUT2D eigenvalue weighted by atomic mass is 10.0. The maximum absolute atomic E-state index is 13.0. The number of hydrogen-bond donors (Lipinski definition) is 0. The molecule has 0 saturated carbocycles. The van der Waals surface area contributed by atoms with Crippen LogP contribution in [-0.4, -0.2) is 23.9 Å². The van der Waals surface area contributed by atoms with Gasteiger partial charge in [0.25, 0.3) is 0 Å². The van der Waals surface area contributed by atoms with Crippen LogP contribution in [0.2, 0.25) is 5.02 Å². The quantitative estimate of drug-likeness (QED) is 0.756. The third-order valence-electron chi connectivity index (χ3n) is 3.96. The molecule has 1 saturated heterocycles. The van der Waals surface area contributed by atoms with Crippen LogP contribution in [0, 0.1) is 0 Å². The van der Waals surface area contributed by atoms with Crippen LogP contribution in [-0.2, 0) is 6.18 Å². The van der Waals surface area contributed by atoms with Gasteiger partial charge < -0.3 is 4.90 Å². The number of carbonyl (C=O) groups is 1. The molecule has 0 spiro atoms. The summed E-state index contributed by atoms with van der Waals surface area (Å²) in [5.41, 5.74) is -0.237. The third-order valence-corrected chi connectivity index (χ3v) is 4.22. The van der Waals surface area contributed by atoms with Crippen LogP contribution in [0.15, 0.2) is 36.5 Å². The number of nitrogens with zero attached hydrogens (tertiary/aromatic N) is 2. The fourth-order valence-electron chi connectivity index (χ4n) is 2.72. The van der Waals surface area contributed by atoms with E-state index in [4.69, 9.17) is 11.6 Å². The fraction of sp³-hybridized carbons (Fsp3) is 0.294. The van der Waals surface area contributed by atoms with E-state index in [0.29, 0.717) is 29.9 Å². The van der Waals surface area contributed by atoms with Gasteiger partial charge in [0.1, 0.15) is 5.69 Å². The number of rotatable bonds is 3. The number of halogens is 4. The van der Waals surface area contributed by atoms with Gasteiger partial charge in [-0.05, 0) is 43.2 Å². The van der Waals surface area contributed by atoms with E-state index in [1.807, 2.05) is 0 Å². The molecule has 1 fully saturated rings. The Hall–Kier alpha value is -2.08. The highest BCUT2D eigenvalue weighted by atomic mass is 35.5. The van der Waals surface area contributed by atoms with Gasteiger partial charge in [0.05, 0.1) is 11.3 Å². The molecule has 0 amide bonds. The van der Waals surface area contributed by atoms with E-state index in [1.54, 1.807) is 17.0 Å². The number of ketones is 1. The summed E-state index contributed by atoms with van der Waals surface area (Å²) >= 11 is 5.81. The van der Waals surface area contributed by atoms with Crippen molar-refractivity contribution in [3.63, 3.8) is 0 Å². The molecule has 1 aliphatic heterocycles. The standard InChI is InChI=1S/C17H14ClF3N2O/c18-13-5-3-11(4-6-13)16(24)15-14(23-7-1-2-8-23)9-12(10-22-15)17(19,20)21/h3-6,9-10H,1-2,7-8H2. The Kier molecular flexibility index (Phi) is 4.49. The molecule has 0 radical (unpaired) electrons. The monoisotopic (exact) mass is 354 g/mol. The fourth-order valence-corrected chi connectivity index (χ4v) is 2.85. The Bertz CT molecular complexity index is 753. The average molecular weight is 355 g/mol. The maximum atomic E-state index is 13.0. The van der Waals surface area contributed by atoms with E-state index >= 15 is 0 Å². The topological polar surface area (TPSA) is 33.2 Å². The predicted molar refractivity (Wildman–Crippen MR) is 85.6 cm³/mol. The largest absolute Gasteiger partial charge is 0.417 e. The molecular formula is C17H14ClF3N2O. The molecule has 0 N–H and O–H groups in total. The molecule has 0 unspecified atom stereocenters. The van der Waals surface area contributed by atoms with Gasteiger partial charge in [-0.1, -0.05) is 11.6 Å². The van der Waals surface area contributed by atoms with Crippen molar-refractivity contribution in [2.45, 2.75) is 19.0 Å². The minimum Gasteiger partial charge on any atom is -0.370 e. The number of aromatic nitrogens is 1. The van der Waals surface area contributed by atoms with Crippen molar-refractivity contribution >= 4 is 23.1 Å². The normalized spacial score (nSPS) is 14.9. The second-order valence-corrected chi connectivity index (χ2v) is 6.06. The Morgan fingerprint density at radius 2 is 1.75 bits per heavy atom. The molecular weight excluding hydrogens is 341 g/mol. The van der Waals surface area contributed by atoms with E-state index < -0.39 is 17.5 Å². The van der Waals surface area contributed by atoms with Crippen LogP contribution in [0.1, 0.15) is 34.5 Å². The zero-order valence-corrected chi connectivity index (χ0v) is 13.4. The molecule has 0 aliphatic carbocycles. The van der Waals surface area contributed by atoms with Gasteiger partial charge in [-0.2, -0.15) is 13.2 Å². The number of carbonyl (C=O) groups excluding carboxylic acids is 1. The average Bonchev–Trinajstić information content (AvgIpc) is 3.08. The Morgan fingerprint density at radius 1 is 1.12 bits per heavy atom. The van der Waals surface area contributed by atoms with Crippen LogP contribution < -0.4 is 4.90 Å². The summed E-state index contributed by atoms with van der Waals surface area (Å²) in [5.74, 6) is -0.415. The van der Waals surface area contributed by atoms with Crippen LogP contribution in [0.3, 0.4) is 0 Å². The highest BCUT2D eigenvalue weighted by Gasteiger charge is 2.33. The smallest absolute Gasteiger partial charge is 0.370 e. The molecule has 7 heteroatoms. The first-order valence-corrected chi connectivity index (χ1v) is 7.86. The lowest BCUT2D eigenvalue weighted by Crippen LogP contribution is -2.23. The lowest BCUT2D eigenvalue weighted by molar-refractivity contribution is -0.137. The van der Waals surface area contributed by atoms with Crippen molar-refractivity contribution in [3.8, 4) is 0 Å². The molecule has 126 valence electrons. The van der Waals surface area contributed by atoms with Crippen molar-refractivity contribution in [1.82, 2.24) is 4.98 Å². The van der Waals surface area contributed by atoms with Crippen molar-refractivity contribution in [2.75, 3.05) is 18.0 Å². The summed E-state index contributed by atoms with van der Waals surface area (Å²) in [4.78, 5) is 18.3. The van der Waals surface area contributed by atoms with Gasteiger partial charge in [0, 0.05) is 29.9 Å². The van der Waals surface area contributed by atoms with Gasteiger partial charge >= 0.3 is 6.18 Å². The van der Waals surface area contributed by atoms with Crippen LogP contribution in [0.4, 0.5) is 18.9 Å². The minimum atomic E-state index is -4.50. The summed E-state index contributed by atoms with van der Waals surface area (Å²) in [6, 6.07) is 7.22. The molecule has 1 aromatic heterocycles. The number of benzene rings is 1. The van der Waals surface area contributed by atoms with Crippen molar-refractivity contribution < 1.29 is 18.0 Å². The maximum Gasteiger partial charge on any atom is 0.417 e. The zero-order valence-electron chi connectivity index (χ0n) is 12.6. The highest BCUT2D eigenvalue weighted by molar-refractivity contribution is 6.30. The van der Waals surface area contributed by atoms with Crippen molar-refractivity contribution in [2.24, 2.45) is 0 Å². The first-order chi connectivity index (χ1) is 11.4. The SMILES string of the molecule is O=C(c1ccc(Cl)cc1)c1ncc(C(F)(F)F)cc1N1CCCC1. The highest BCUT2D eigenvalue weighted by Crippen LogP contribution is 2.34. The lowest BCUT2D eigenvalue weighted by Gasteiger charge is -2.21. The Balaban J connectivity index is 2.05. The zero-order chi connectivity index (χ0) is 17.3. The summed E-state index contributed by atoms with van der Waals surface area (Å²) in [5, 5.41) is 0.478. The van der Waals surface area contributed by atoms with Crippen LogP contribution in [0.5, 0.6) is 0 Å². The summed E-state index contributed by atoms with van der Waals surface area (Å²) in [7, 11) is 0. The van der Waals surface area contributed by atoms with Gasteiger partial charge in [0.15, 0.2) is 0 Å². The number of pyridine rings is 1. The van der Waals surface area contributed by atoms with Crippen molar-refractivity contribution in [3.05, 3.63) is 58.4 Å². The second kappa shape index (κ2) is 6.43. The molecule has 2 aromatic rings. The van der Waals surface area contributed by atoms with E-state index in [2.05, 4.69) is 4.98 Å². The number of anilines is 1. The molecule has 2 heterocycles. The van der Waals surface area contributed by atoms with Crippen molar-refractivity contribution in [1.29, 1.82) is 0 Å². The first kappa shape index (κ1) is 16.8. The van der Waals surface area contributed by atoms with Gasteiger partial charge in [-0.15, -0.1) is 0 Å². The molecule has 24 heavy (non-hydrogen) atoms. The summed E-state index contributed by atoms with van der Waals surface area (Å²) < 4.78 is 39.0. The number of alkyl halides is 3. The minimum absolute atomic E-state index is 0.0345. The first-order valence-electron chi connectivity index (χ1n) is 7.49. The van der Waals surface area contributed by atoms with Crippen LogP contribution >= 0.6 is 11.6 Å². The van der Waals surface area contributed by atoms with E-state index in [9.17, 15) is 18.0 Å². The van der Waals surface area contributed by atoms with Gasteiger partial charge in [-0.3, -0.25) is 4.79 Å². The van der Waals surface area contributed by atoms with Gasteiger partial charge in [0.2, 0.25) is 5.78 Å². The number of hydrogen-bond acceptors (Lipinski definition) is 3. The Labute approximate surface area is 142 Å². The molecule has 3 rings (SSSR count). The van der Waals surface area contributed by atoms with Gasteiger partial charge in [-0.25, -0.2) is 4.98 Å². The molecule has 0 atom stereocenters. The second-order valence-electron chi connectivity index (χ2n) is 5.62.